The standard InChI is InChI=1S/C16H22F3N5O2/c1-12(16(17,18)19)22-6-8-23(9-7-22)15(20-2)21-11-13-4-3-5-14(10-13)24(25)26/h3-5,10,12H,6-9,11H2,1-2H3,(H,20,21). The lowest BCUT2D eigenvalue weighted by molar-refractivity contribution is -0.384. The normalized spacial score (nSPS) is 17.9. The number of rotatable bonds is 4. The zero-order chi connectivity index (χ0) is 19.3. The van der Waals surface area contributed by atoms with E-state index in [1.165, 1.54) is 24.0 Å². The second-order valence-corrected chi connectivity index (χ2v) is 6.07. The lowest BCUT2D eigenvalue weighted by Crippen LogP contribution is -2.56. The fourth-order valence-electron chi connectivity index (χ4n) is 2.82. The van der Waals surface area contributed by atoms with E-state index >= 15 is 0 Å². The van der Waals surface area contributed by atoms with E-state index in [2.05, 4.69) is 10.3 Å². The van der Waals surface area contributed by atoms with Crippen LogP contribution in [0.2, 0.25) is 0 Å². The molecule has 2 rings (SSSR count). The van der Waals surface area contributed by atoms with E-state index in [0.717, 1.165) is 5.56 Å². The van der Waals surface area contributed by atoms with Crippen molar-refractivity contribution in [2.45, 2.75) is 25.7 Å². The number of benzene rings is 1. The Morgan fingerprint density at radius 1 is 1.35 bits per heavy atom. The molecule has 1 aromatic carbocycles. The van der Waals surface area contributed by atoms with Crippen molar-refractivity contribution in [1.82, 2.24) is 15.1 Å². The van der Waals surface area contributed by atoms with Crippen molar-refractivity contribution in [1.29, 1.82) is 0 Å². The van der Waals surface area contributed by atoms with Gasteiger partial charge < -0.3 is 10.2 Å². The summed E-state index contributed by atoms with van der Waals surface area (Å²) in [6.07, 6.45) is -4.23. The van der Waals surface area contributed by atoms with Crippen molar-refractivity contribution >= 4 is 11.6 Å². The van der Waals surface area contributed by atoms with Crippen LogP contribution < -0.4 is 5.32 Å². The highest BCUT2D eigenvalue weighted by Crippen LogP contribution is 2.25. The van der Waals surface area contributed by atoms with Crippen LogP contribution in [0, 0.1) is 10.1 Å². The monoisotopic (exact) mass is 373 g/mol. The van der Waals surface area contributed by atoms with Gasteiger partial charge in [0, 0.05) is 51.9 Å². The number of hydrogen-bond acceptors (Lipinski definition) is 4. The fraction of sp³-hybridized carbons (Fsp3) is 0.562. The molecule has 0 spiro atoms. The average Bonchev–Trinajstić information content (AvgIpc) is 2.61. The van der Waals surface area contributed by atoms with Crippen molar-refractivity contribution in [2.24, 2.45) is 4.99 Å². The van der Waals surface area contributed by atoms with Crippen LogP contribution in [0.1, 0.15) is 12.5 Å². The molecule has 1 aliphatic heterocycles. The second kappa shape index (κ2) is 8.35. The predicted octanol–water partition coefficient (Wildman–Crippen LogP) is 2.24. The highest BCUT2D eigenvalue weighted by Gasteiger charge is 2.41. The molecule has 26 heavy (non-hydrogen) atoms. The molecule has 0 amide bonds. The van der Waals surface area contributed by atoms with Crippen molar-refractivity contribution in [3.63, 3.8) is 0 Å². The highest BCUT2D eigenvalue weighted by molar-refractivity contribution is 5.80. The Balaban J connectivity index is 1.90. The predicted molar refractivity (Wildman–Crippen MR) is 92.0 cm³/mol. The third-order valence-corrected chi connectivity index (χ3v) is 4.42. The Hall–Kier alpha value is -2.36. The number of nitrogens with zero attached hydrogens (tertiary/aromatic N) is 4. The molecule has 1 aromatic rings. The van der Waals surface area contributed by atoms with Gasteiger partial charge in [-0.15, -0.1) is 0 Å². The Bertz CT molecular complexity index is 658. The number of nitrogens with one attached hydrogen (secondary N) is 1. The van der Waals surface area contributed by atoms with Gasteiger partial charge >= 0.3 is 6.18 Å². The molecular formula is C16H22F3N5O2. The van der Waals surface area contributed by atoms with Gasteiger partial charge in [0.1, 0.15) is 6.04 Å². The van der Waals surface area contributed by atoms with Crippen molar-refractivity contribution in [3.8, 4) is 0 Å². The Morgan fingerprint density at radius 2 is 2.00 bits per heavy atom. The summed E-state index contributed by atoms with van der Waals surface area (Å²) in [7, 11) is 1.60. The molecule has 1 fully saturated rings. The quantitative estimate of drug-likeness (QED) is 0.379. The molecule has 0 aliphatic carbocycles. The zero-order valence-corrected chi connectivity index (χ0v) is 14.7. The maximum atomic E-state index is 12.8. The zero-order valence-electron chi connectivity index (χ0n) is 14.7. The van der Waals surface area contributed by atoms with Gasteiger partial charge in [-0.05, 0) is 12.5 Å². The average molecular weight is 373 g/mol. The number of hydrogen-bond donors (Lipinski definition) is 1. The van der Waals surface area contributed by atoms with Gasteiger partial charge in [0.05, 0.1) is 4.92 Å². The third-order valence-electron chi connectivity index (χ3n) is 4.42. The Kier molecular flexibility index (Phi) is 6.41. The third kappa shape index (κ3) is 5.07. The number of halogens is 3. The van der Waals surface area contributed by atoms with Gasteiger partial charge in [0.15, 0.2) is 5.96 Å². The minimum Gasteiger partial charge on any atom is -0.352 e. The molecule has 0 saturated carbocycles. The molecule has 1 saturated heterocycles. The van der Waals surface area contributed by atoms with Gasteiger partial charge in [0.25, 0.3) is 5.69 Å². The number of aliphatic imine (C=N–C) groups is 1. The summed E-state index contributed by atoms with van der Waals surface area (Å²) < 4.78 is 38.4. The van der Waals surface area contributed by atoms with Crippen LogP contribution in [-0.2, 0) is 6.54 Å². The van der Waals surface area contributed by atoms with Crippen LogP contribution in [0.4, 0.5) is 18.9 Å². The minimum atomic E-state index is -4.23. The Morgan fingerprint density at radius 3 is 2.54 bits per heavy atom. The van der Waals surface area contributed by atoms with Crippen molar-refractivity contribution in [3.05, 3.63) is 39.9 Å². The fourth-order valence-corrected chi connectivity index (χ4v) is 2.82. The number of piperazine rings is 1. The van der Waals surface area contributed by atoms with Gasteiger partial charge in [-0.25, -0.2) is 0 Å². The van der Waals surface area contributed by atoms with Crippen LogP contribution in [0.25, 0.3) is 0 Å². The van der Waals surface area contributed by atoms with Crippen LogP contribution in [0.3, 0.4) is 0 Å². The molecular weight excluding hydrogens is 351 g/mol. The molecule has 7 nitrogen and oxygen atoms in total. The first-order valence-electron chi connectivity index (χ1n) is 8.22. The molecule has 1 heterocycles. The maximum Gasteiger partial charge on any atom is 0.403 e. The Labute approximate surface area is 149 Å². The van der Waals surface area contributed by atoms with E-state index in [9.17, 15) is 23.3 Å². The summed E-state index contributed by atoms with van der Waals surface area (Å²) in [5, 5.41) is 13.9. The lowest BCUT2D eigenvalue weighted by atomic mass is 10.2. The topological polar surface area (TPSA) is 74.0 Å². The molecule has 0 aromatic heterocycles. The molecule has 1 aliphatic rings. The lowest BCUT2D eigenvalue weighted by Gasteiger charge is -2.39. The van der Waals surface area contributed by atoms with E-state index in [1.54, 1.807) is 19.2 Å². The SMILES string of the molecule is CN=C(NCc1cccc([N+](=O)[O-])c1)N1CCN(C(C)C(F)(F)F)CC1. The number of alkyl halides is 3. The number of non-ortho nitro benzene ring substituents is 1. The molecule has 1 N–H and O–H groups in total. The summed E-state index contributed by atoms with van der Waals surface area (Å²) in [6, 6.07) is 4.79. The molecule has 1 unspecified atom stereocenters. The largest absolute Gasteiger partial charge is 0.403 e. The smallest absolute Gasteiger partial charge is 0.352 e. The molecule has 1 atom stereocenters. The minimum absolute atomic E-state index is 0.00837. The van der Waals surface area contributed by atoms with E-state index < -0.39 is 17.1 Å². The highest BCUT2D eigenvalue weighted by atomic mass is 19.4. The summed E-state index contributed by atoms with van der Waals surface area (Å²) in [4.78, 5) is 17.8. The molecule has 0 bridgehead atoms. The first kappa shape index (κ1) is 20.0. The number of nitro benzene ring substituents is 1. The van der Waals surface area contributed by atoms with Crippen LogP contribution in [-0.4, -0.2) is 66.1 Å². The number of nitro groups is 1. The van der Waals surface area contributed by atoms with E-state index in [0.29, 0.717) is 25.6 Å². The van der Waals surface area contributed by atoms with Crippen LogP contribution >= 0.6 is 0 Å². The summed E-state index contributed by atoms with van der Waals surface area (Å²) in [6.45, 7) is 2.94. The van der Waals surface area contributed by atoms with E-state index in [4.69, 9.17) is 0 Å². The summed E-state index contributed by atoms with van der Waals surface area (Å²) >= 11 is 0. The van der Waals surface area contributed by atoms with Gasteiger partial charge in [-0.1, -0.05) is 12.1 Å². The molecule has 0 radical (unpaired) electrons. The van der Waals surface area contributed by atoms with Gasteiger partial charge in [-0.2, -0.15) is 13.2 Å². The van der Waals surface area contributed by atoms with Crippen molar-refractivity contribution in [2.75, 3.05) is 33.2 Å². The maximum absolute atomic E-state index is 12.8. The first-order chi connectivity index (χ1) is 12.2. The van der Waals surface area contributed by atoms with Crippen LogP contribution in [0.5, 0.6) is 0 Å². The summed E-state index contributed by atoms with van der Waals surface area (Å²) in [5.41, 5.74) is 0.735. The van der Waals surface area contributed by atoms with Gasteiger partial charge in [-0.3, -0.25) is 20.0 Å². The van der Waals surface area contributed by atoms with Gasteiger partial charge in [0.2, 0.25) is 0 Å². The first-order valence-corrected chi connectivity index (χ1v) is 8.22. The number of guanidine groups is 1. The van der Waals surface area contributed by atoms with E-state index in [-0.39, 0.29) is 18.8 Å². The molecule has 10 heteroatoms. The van der Waals surface area contributed by atoms with Crippen LogP contribution in [0.15, 0.2) is 29.3 Å². The second-order valence-electron chi connectivity index (χ2n) is 6.07. The van der Waals surface area contributed by atoms with E-state index in [1.807, 2.05) is 4.90 Å². The van der Waals surface area contributed by atoms with Crippen molar-refractivity contribution < 1.29 is 18.1 Å². The molecule has 144 valence electrons. The summed E-state index contributed by atoms with van der Waals surface area (Å²) in [5.74, 6) is 0.566.